The molecule has 0 bridgehead atoms. The lowest BCUT2D eigenvalue weighted by Crippen LogP contribution is -2.41. The number of hydrogen-bond acceptors (Lipinski definition) is 5. The van der Waals surface area contributed by atoms with Crippen molar-refractivity contribution in [1.29, 1.82) is 0 Å². The van der Waals surface area contributed by atoms with Crippen molar-refractivity contribution >= 4 is 10.9 Å². The lowest BCUT2D eigenvalue weighted by Gasteiger charge is -2.48. The third kappa shape index (κ3) is 3.90. The number of ether oxygens (including phenoxy) is 1. The van der Waals surface area contributed by atoms with Gasteiger partial charge in [-0.3, -0.25) is 0 Å². The SMILES string of the molecule is CC1CC(c2ccccc2)(c2cc(OCc3ccc4cc(F)ccc4n3)ccc2-c2nnnn2C)C1. The van der Waals surface area contributed by atoms with E-state index in [0.717, 1.165) is 46.6 Å². The average Bonchev–Trinajstić information content (AvgIpc) is 3.31. The molecule has 0 unspecified atom stereocenters. The van der Waals surface area contributed by atoms with E-state index in [1.54, 1.807) is 10.7 Å². The summed E-state index contributed by atoms with van der Waals surface area (Å²) < 4.78 is 21.5. The summed E-state index contributed by atoms with van der Waals surface area (Å²) in [6.45, 7) is 2.61. The van der Waals surface area contributed by atoms with Gasteiger partial charge in [0.15, 0.2) is 5.82 Å². The van der Waals surface area contributed by atoms with Gasteiger partial charge in [0.1, 0.15) is 18.2 Å². The van der Waals surface area contributed by atoms with E-state index in [2.05, 4.69) is 69.9 Å². The molecule has 7 heteroatoms. The Labute approximate surface area is 208 Å². The van der Waals surface area contributed by atoms with Crippen molar-refractivity contribution in [3.8, 4) is 17.1 Å². The van der Waals surface area contributed by atoms with Gasteiger partial charge in [0.05, 0.1) is 11.2 Å². The molecule has 0 spiro atoms. The summed E-state index contributed by atoms with van der Waals surface area (Å²) in [5, 5.41) is 13.0. The Kier molecular flexibility index (Phi) is 5.48. The highest BCUT2D eigenvalue weighted by atomic mass is 19.1. The second-order valence-corrected chi connectivity index (χ2v) is 9.72. The predicted octanol–water partition coefficient (Wildman–Crippen LogP) is 5.86. The Hall–Kier alpha value is -4.13. The van der Waals surface area contributed by atoms with Crippen molar-refractivity contribution in [3.63, 3.8) is 0 Å². The van der Waals surface area contributed by atoms with Crippen LogP contribution in [0.2, 0.25) is 0 Å². The van der Waals surface area contributed by atoms with Crippen molar-refractivity contribution in [1.82, 2.24) is 25.2 Å². The van der Waals surface area contributed by atoms with E-state index in [-0.39, 0.29) is 11.2 Å². The molecule has 0 N–H and O–H groups in total. The maximum Gasteiger partial charge on any atom is 0.182 e. The Morgan fingerprint density at radius 2 is 1.83 bits per heavy atom. The van der Waals surface area contributed by atoms with Gasteiger partial charge in [-0.05, 0) is 82.8 Å². The predicted molar refractivity (Wildman–Crippen MR) is 136 cm³/mol. The number of tetrazole rings is 1. The molecule has 6 rings (SSSR count). The van der Waals surface area contributed by atoms with Crippen LogP contribution >= 0.6 is 0 Å². The third-order valence-corrected chi connectivity index (χ3v) is 7.18. The maximum atomic E-state index is 13.5. The number of aromatic nitrogens is 5. The molecule has 2 heterocycles. The number of pyridine rings is 1. The Morgan fingerprint density at radius 1 is 1.00 bits per heavy atom. The van der Waals surface area contributed by atoms with Crippen LogP contribution in [0.4, 0.5) is 4.39 Å². The lowest BCUT2D eigenvalue weighted by atomic mass is 9.55. The zero-order chi connectivity index (χ0) is 24.7. The van der Waals surface area contributed by atoms with E-state index in [0.29, 0.717) is 12.5 Å². The van der Waals surface area contributed by atoms with E-state index in [1.807, 2.05) is 25.2 Å². The van der Waals surface area contributed by atoms with Crippen molar-refractivity contribution in [3.05, 3.63) is 102 Å². The fourth-order valence-electron chi connectivity index (χ4n) is 5.54. The number of fused-ring (bicyclic) bond motifs is 1. The van der Waals surface area contributed by atoms with Crippen LogP contribution in [0.15, 0.2) is 78.9 Å². The molecule has 6 nitrogen and oxygen atoms in total. The fourth-order valence-corrected chi connectivity index (χ4v) is 5.54. The maximum absolute atomic E-state index is 13.5. The van der Waals surface area contributed by atoms with Crippen LogP contribution in [0.5, 0.6) is 5.75 Å². The summed E-state index contributed by atoms with van der Waals surface area (Å²) in [4.78, 5) is 4.64. The molecule has 36 heavy (non-hydrogen) atoms. The van der Waals surface area contributed by atoms with Gasteiger partial charge in [-0.2, -0.15) is 0 Å². The van der Waals surface area contributed by atoms with Crippen LogP contribution in [0.25, 0.3) is 22.3 Å². The normalized spacial score (nSPS) is 19.2. The van der Waals surface area contributed by atoms with Gasteiger partial charge >= 0.3 is 0 Å². The van der Waals surface area contributed by atoms with Crippen LogP contribution < -0.4 is 4.74 Å². The van der Waals surface area contributed by atoms with Crippen molar-refractivity contribution in [2.24, 2.45) is 13.0 Å². The van der Waals surface area contributed by atoms with Gasteiger partial charge in [-0.25, -0.2) is 14.1 Å². The quantitative estimate of drug-likeness (QED) is 0.305. The number of halogens is 1. The zero-order valence-corrected chi connectivity index (χ0v) is 20.2. The molecule has 0 atom stereocenters. The van der Waals surface area contributed by atoms with Crippen LogP contribution in [0.3, 0.4) is 0 Å². The van der Waals surface area contributed by atoms with E-state index >= 15 is 0 Å². The van der Waals surface area contributed by atoms with Crippen molar-refractivity contribution in [2.75, 3.05) is 0 Å². The summed E-state index contributed by atoms with van der Waals surface area (Å²) in [6, 6.07) is 25.2. The van der Waals surface area contributed by atoms with Crippen molar-refractivity contribution in [2.45, 2.75) is 31.8 Å². The number of hydrogen-bond donors (Lipinski definition) is 0. The standard InChI is InChI=1S/C29H26FN5O/c1-19-16-29(17-19,21-6-4-3-5-7-21)26-15-24(11-12-25(26)28-32-33-34-35(28)2)36-18-23-10-8-20-14-22(30)9-13-27(20)31-23/h3-15,19H,16-18H2,1-2H3. The molecule has 0 radical (unpaired) electrons. The molecule has 2 aromatic heterocycles. The van der Waals surface area contributed by atoms with E-state index in [4.69, 9.17) is 4.74 Å². The van der Waals surface area contributed by atoms with Gasteiger partial charge < -0.3 is 4.74 Å². The molecule has 1 aliphatic rings. The minimum atomic E-state index is -0.267. The average molecular weight is 480 g/mol. The minimum Gasteiger partial charge on any atom is -0.487 e. The van der Waals surface area contributed by atoms with Crippen LogP contribution in [0, 0.1) is 11.7 Å². The molecular formula is C29H26FN5O. The van der Waals surface area contributed by atoms with Gasteiger partial charge in [0.2, 0.25) is 0 Å². The Balaban J connectivity index is 1.38. The molecule has 1 fully saturated rings. The molecular weight excluding hydrogens is 453 g/mol. The first kappa shape index (κ1) is 22.3. The van der Waals surface area contributed by atoms with Gasteiger partial charge in [-0.1, -0.05) is 43.3 Å². The first-order chi connectivity index (χ1) is 17.5. The fraction of sp³-hybridized carbons (Fsp3) is 0.241. The molecule has 1 aliphatic carbocycles. The molecule has 0 aliphatic heterocycles. The highest BCUT2D eigenvalue weighted by molar-refractivity contribution is 5.78. The monoisotopic (exact) mass is 479 g/mol. The zero-order valence-electron chi connectivity index (χ0n) is 20.2. The third-order valence-electron chi connectivity index (χ3n) is 7.18. The molecule has 5 aromatic rings. The first-order valence-electron chi connectivity index (χ1n) is 12.1. The van der Waals surface area contributed by atoms with Gasteiger partial charge in [-0.15, -0.1) is 5.10 Å². The highest BCUT2D eigenvalue weighted by Gasteiger charge is 2.46. The van der Waals surface area contributed by atoms with E-state index in [1.165, 1.54) is 23.3 Å². The first-order valence-corrected chi connectivity index (χ1v) is 12.1. The summed E-state index contributed by atoms with van der Waals surface area (Å²) in [6.07, 6.45) is 2.09. The highest BCUT2D eigenvalue weighted by Crippen LogP contribution is 2.54. The van der Waals surface area contributed by atoms with Crippen molar-refractivity contribution < 1.29 is 9.13 Å². The van der Waals surface area contributed by atoms with Crippen LogP contribution in [-0.2, 0) is 19.1 Å². The number of benzene rings is 3. The van der Waals surface area contributed by atoms with E-state index in [9.17, 15) is 4.39 Å². The molecule has 1 saturated carbocycles. The van der Waals surface area contributed by atoms with Gasteiger partial charge in [0, 0.05) is 23.4 Å². The summed E-state index contributed by atoms with van der Waals surface area (Å²) in [7, 11) is 1.86. The summed E-state index contributed by atoms with van der Waals surface area (Å²) in [5.41, 5.74) is 4.87. The number of rotatable bonds is 6. The summed E-state index contributed by atoms with van der Waals surface area (Å²) in [5.74, 6) is 1.85. The van der Waals surface area contributed by atoms with Gasteiger partial charge in [0.25, 0.3) is 0 Å². The number of nitrogens with zero attached hydrogens (tertiary/aromatic N) is 5. The lowest BCUT2D eigenvalue weighted by molar-refractivity contribution is 0.200. The largest absolute Gasteiger partial charge is 0.487 e. The smallest absolute Gasteiger partial charge is 0.182 e. The minimum absolute atomic E-state index is 0.132. The molecule has 3 aromatic carbocycles. The Morgan fingerprint density at radius 3 is 2.58 bits per heavy atom. The summed E-state index contributed by atoms with van der Waals surface area (Å²) >= 11 is 0. The van der Waals surface area contributed by atoms with Crippen LogP contribution in [0.1, 0.15) is 36.6 Å². The topological polar surface area (TPSA) is 65.7 Å². The Bertz CT molecular complexity index is 1540. The molecule has 180 valence electrons. The second kappa shape index (κ2) is 8.82. The van der Waals surface area contributed by atoms with E-state index < -0.39 is 0 Å². The molecule has 0 amide bonds. The number of aryl methyl sites for hydroxylation is 1. The van der Waals surface area contributed by atoms with Crippen LogP contribution in [-0.4, -0.2) is 25.2 Å². The second-order valence-electron chi connectivity index (χ2n) is 9.72. The molecule has 0 saturated heterocycles.